The number of fused-ring (bicyclic) bond motifs is 3. The minimum absolute atomic E-state index is 0.631. The van der Waals surface area contributed by atoms with Gasteiger partial charge in [0.2, 0.25) is 0 Å². The lowest BCUT2D eigenvalue weighted by Gasteiger charge is -2.37. The van der Waals surface area contributed by atoms with Crippen LogP contribution in [-0.4, -0.2) is 48.7 Å². The second-order valence-electron chi connectivity index (χ2n) is 4.41. The van der Waals surface area contributed by atoms with E-state index in [-0.39, 0.29) is 0 Å². The van der Waals surface area contributed by atoms with E-state index in [0.29, 0.717) is 6.04 Å². The lowest BCUT2D eigenvalue weighted by atomic mass is 9.90. The van der Waals surface area contributed by atoms with E-state index in [1.165, 1.54) is 19.5 Å². The summed E-state index contributed by atoms with van der Waals surface area (Å²) in [4.78, 5) is 2.57. The third kappa shape index (κ3) is 1.23. The Morgan fingerprint density at radius 3 is 3.31 bits per heavy atom. The number of rotatable bonds is 0. The van der Waals surface area contributed by atoms with Crippen molar-refractivity contribution >= 4 is 0 Å². The van der Waals surface area contributed by atoms with Crippen LogP contribution in [0.15, 0.2) is 12.2 Å². The van der Waals surface area contributed by atoms with Crippen LogP contribution in [0.5, 0.6) is 0 Å². The Morgan fingerprint density at radius 2 is 2.38 bits per heavy atom. The van der Waals surface area contributed by atoms with E-state index in [1.54, 1.807) is 0 Å². The van der Waals surface area contributed by atoms with E-state index in [4.69, 9.17) is 0 Å². The summed E-state index contributed by atoms with van der Waals surface area (Å²) >= 11 is 0. The van der Waals surface area contributed by atoms with Gasteiger partial charge in [0.25, 0.3) is 0 Å². The topological polar surface area (TPSA) is 18.3 Å². The lowest BCUT2D eigenvalue weighted by Crippen LogP contribution is -2.52. The first-order chi connectivity index (χ1) is 6.36. The summed E-state index contributed by atoms with van der Waals surface area (Å²) in [7, 11) is 2.17. The standard InChI is InChI=1S/C10H17N3/c1-12-9-3-2-6-13-7-10(13)8(9)4-5-11-12/h2-3,8-11H,4-7H2,1H3/t8?,9?,10-,13?/m0/s1. The van der Waals surface area contributed by atoms with Gasteiger partial charge in [-0.2, -0.15) is 0 Å². The van der Waals surface area contributed by atoms with Gasteiger partial charge in [-0.25, -0.2) is 5.01 Å². The van der Waals surface area contributed by atoms with Crippen molar-refractivity contribution in [3.8, 4) is 0 Å². The van der Waals surface area contributed by atoms with Crippen LogP contribution in [0.25, 0.3) is 0 Å². The summed E-state index contributed by atoms with van der Waals surface area (Å²) < 4.78 is 0. The zero-order valence-corrected chi connectivity index (χ0v) is 8.11. The van der Waals surface area contributed by atoms with Gasteiger partial charge in [0.15, 0.2) is 0 Å². The van der Waals surface area contributed by atoms with Crippen molar-refractivity contribution in [2.45, 2.75) is 18.5 Å². The monoisotopic (exact) mass is 179 g/mol. The molecule has 0 saturated carbocycles. The SMILES string of the molecule is CN1NCCC2C1C=CCN1C[C@@H]21. The van der Waals surface area contributed by atoms with E-state index in [1.807, 2.05) is 0 Å². The van der Waals surface area contributed by atoms with Gasteiger partial charge in [-0.15, -0.1) is 0 Å². The van der Waals surface area contributed by atoms with E-state index in [2.05, 4.69) is 34.5 Å². The predicted molar refractivity (Wildman–Crippen MR) is 52.2 cm³/mol. The molecule has 0 aromatic rings. The summed E-state index contributed by atoms with van der Waals surface area (Å²) in [5.41, 5.74) is 3.41. The molecule has 0 spiro atoms. The Bertz CT molecular complexity index is 238. The summed E-state index contributed by atoms with van der Waals surface area (Å²) in [6, 6.07) is 1.51. The maximum Gasteiger partial charge on any atom is 0.0464 e. The fraction of sp³-hybridized carbons (Fsp3) is 0.800. The van der Waals surface area contributed by atoms with Crippen molar-refractivity contribution in [1.82, 2.24) is 15.3 Å². The first-order valence-corrected chi connectivity index (χ1v) is 5.23. The highest BCUT2D eigenvalue weighted by atomic mass is 15.5. The first kappa shape index (κ1) is 7.97. The maximum atomic E-state index is 3.41. The molecular formula is C10H17N3. The van der Waals surface area contributed by atoms with Crippen LogP contribution in [0.4, 0.5) is 0 Å². The molecule has 3 nitrogen and oxygen atoms in total. The summed E-state index contributed by atoms with van der Waals surface area (Å²) in [5.74, 6) is 0.866. The summed E-state index contributed by atoms with van der Waals surface area (Å²) in [6.07, 6.45) is 6.04. The largest absolute Gasteiger partial charge is 0.294 e. The van der Waals surface area contributed by atoms with E-state index in [9.17, 15) is 0 Å². The Morgan fingerprint density at radius 1 is 1.46 bits per heavy atom. The highest BCUT2D eigenvalue weighted by Crippen LogP contribution is 2.35. The Hall–Kier alpha value is -0.380. The van der Waals surface area contributed by atoms with E-state index >= 15 is 0 Å². The van der Waals surface area contributed by atoms with Gasteiger partial charge < -0.3 is 0 Å². The van der Waals surface area contributed by atoms with Crippen molar-refractivity contribution < 1.29 is 0 Å². The molecule has 3 heteroatoms. The fourth-order valence-corrected chi connectivity index (χ4v) is 2.81. The van der Waals surface area contributed by atoms with Crippen molar-refractivity contribution in [3.05, 3.63) is 12.2 Å². The molecule has 2 fully saturated rings. The Balaban J connectivity index is 1.85. The van der Waals surface area contributed by atoms with Crippen molar-refractivity contribution in [2.75, 3.05) is 26.7 Å². The fourth-order valence-electron chi connectivity index (χ4n) is 2.81. The van der Waals surface area contributed by atoms with Crippen molar-refractivity contribution in [2.24, 2.45) is 5.92 Å². The average molecular weight is 179 g/mol. The molecule has 3 aliphatic rings. The van der Waals surface area contributed by atoms with E-state index in [0.717, 1.165) is 18.5 Å². The van der Waals surface area contributed by atoms with Gasteiger partial charge in [-0.05, 0) is 12.3 Å². The van der Waals surface area contributed by atoms with Gasteiger partial charge in [0.1, 0.15) is 0 Å². The van der Waals surface area contributed by atoms with Gasteiger partial charge in [-0.3, -0.25) is 10.3 Å². The molecule has 0 amide bonds. The third-order valence-corrected chi connectivity index (χ3v) is 3.65. The molecule has 13 heavy (non-hydrogen) atoms. The van der Waals surface area contributed by atoms with Crippen LogP contribution < -0.4 is 5.43 Å². The van der Waals surface area contributed by atoms with Crippen molar-refractivity contribution in [1.29, 1.82) is 0 Å². The van der Waals surface area contributed by atoms with Gasteiger partial charge in [0, 0.05) is 38.8 Å². The van der Waals surface area contributed by atoms with Crippen molar-refractivity contribution in [3.63, 3.8) is 0 Å². The minimum Gasteiger partial charge on any atom is -0.294 e. The molecule has 3 aliphatic heterocycles. The molecule has 3 rings (SSSR count). The molecule has 0 aliphatic carbocycles. The van der Waals surface area contributed by atoms with Crippen LogP contribution in [0.1, 0.15) is 6.42 Å². The van der Waals surface area contributed by atoms with Crippen LogP contribution in [0.2, 0.25) is 0 Å². The first-order valence-electron chi connectivity index (χ1n) is 5.23. The van der Waals surface area contributed by atoms with Crippen LogP contribution in [0.3, 0.4) is 0 Å². The Kier molecular flexibility index (Phi) is 1.72. The minimum atomic E-state index is 0.631. The number of nitrogens with one attached hydrogen (secondary N) is 1. The summed E-state index contributed by atoms with van der Waals surface area (Å²) in [6.45, 7) is 3.65. The van der Waals surface area contributed by atoms with Crippen LogP contribution >= 0.6 is 0 Å². The molecule has 0 aromatic heterocycles. The number of nitrogens with zero attached hydrogens (tertiary/aromatic N) is 2. The molecule has 3 heterocycles. The third-order valence-electron chi connectivity index (χ3n) is 3.65. The molecular weight excluding hydrogens is 162 g/mol. The second kappa shape index (κ2) is 2.80. The number of hydrazine groups is 1. The molecule has 4 atom stereocenters. The zero-order valence-electron chi connectivity index (χ0n) is 8.11. The average Bonchev–Trinajstić information content (AvgIpc) is 2.84. The molecule has 0 aromatic carbocycles. The van der Waals surface area contributed by atoms with Gasteiger partial charge in [0.05, 0.1) is 0 Å². The van der Waals surface area contributed by atoms with Crippen LogP contribution in [-0.2, 0) is 0 Å². The number of likely N-dealkylation sites (N-methyl/N-ethyl adjacent to an activating group) is 1. The molecule has 2 saturated heterocycles. The molecule has 72 valence electrons. The zero-order chi connectivity index (χ0) is 8.84. The molecule has 3 unspecified atom stereocenters. The lowest BCUT2D eigenvalue weighted by molar-refractivity contribution is 0.0924. The van der Waals surface area contributed by atoms with Gasteiger partial charge in [-0.1, -0.05) is 12.2 Å². The van der Waals surface area contributed by atoms with Gasteiger partial charge >= 0.3 is 0 Å². The highest BCUT2D eigenvalue weighted by Gasteiger charge is 2.45. The molecule has 0 radical (unpaired) electrons. The maximum absolute atomic E-state index is 3.41. The van der Waals surface area contributed by atoms with Crippen LogP contribution in [0, 0.1) is 5.92 Å². The molecule has 1 N–H and O–H groups in total. The number of hydrogen-bond donors (Lipinski definition) is 1. The molecule has 0 bridgehead atoms. The summed E-state index contributed by atoms with van der Waals surface area (Å²) in [5, 5.41) is 2.28. The predicted octanol–water partition coefficient (Wildman–Crippen LogP) is 0.0653. The smallest absolute Gasteiger partial charge is 0.0464 e. The Labute approximate surface area is 79.4 Å². The normalized spacial score (nSPS) is 49.3. The number of hydrogen-bond acceptors (Lipinski definition) is 3. The second-order valence-corrected chi connectivity index (χ2v) is 4.41. The quantitative estimate of drug-likeness (QED) is 0.419. The highest BCUT2D eigenvalue weighted by molar-refractivity contribution is 5.12. The van der Waals surface area contributed by atoms with E-state index < -0.39 is 0 Å².